The molecule has 3 nitrogen and oxygen atoms in total. The molecule has 0 bridgehead atoms. The first-order valence-corrected chi connectivity index (χ1v) is 5.86. The van der Waals surface area contributed by atoms with E-state index in [9.17, 15) is 4.21 Å². The fourth-order valence-electron chi connectivity index (χ4n) is 1.11. The normalized spacial score (nSPS) is 15.0. The van der Waals surface area contributed by atoms with Crippen LogP contribution in [0.15, 0.2) is 35.2 Å². The molecular weight excluding hydrogens is 198 g/mol. The Hall–Kier alpha value is -0.710. The van der Waals surface area contributed by atoms with Crippen LogP contribution in [0.3, 0.4) is 0 Å². The molecule has 1 rings (SSSR count). The van der Waals surface area contributed by atoms with Gasteiger partial charge < -0.3 is 10.8 Å². The first kappa shape index (κ1) is 11.4. The van der Waals surface area contributed by atoms with Crippen molar-refractivity contribution in [1.29, 1.82) is 0 Å². The lowest BCUT2D eigenvalue weighted by molar-refractivity contribution is 0.279. The smallest absolute Gasteiger partial charge is 0.0545 e. The molecule has 0 fully saturated rings. The van der Waals surface area contributed by atoms with Crippen molar-refractivity contribution in [3.05, 3.63) is 30.3 Å². The molecule has 0 aliphatic heterocycles. The van der Waals surface area contributed by atoms with Crippen LogP contribution in [0.4, 0.5) is 0 Å². The minimum Gasteiger partial charge on any atom is -0.396 e. The van der Waals surface area contributed by atoms with Crippen LogP contribution in [0.1, 0.15) is 6.42 Å². The molecule has 0 aromatic heterocycles. The summed E-state index contributed by atoms with van der Waals surface area (Å²) in [6, 6.07) is 9.04. The molecular formula is C10H15NO2S. The zero-order chi connectivity index (χ0) is 10.4. The van der Waals surface area contributed by atoms with Crippen molar-refractivity contribution in [3.8, 4) is 0 Å². The third-order valence-electron chi connectivity index (χ3n) is 1.87. The zero-order valence-electron chi connectivity index (χ0n) is 7.93. The topological polar surface area (TPSA) is 63.3 Å². The number of aliphatic hydroxyl groups excluding tert-OH is 1. The summed E-state index contributed by atoms with van der Waals surface area (Å²) in [6.07, 6.45) is 0.499. The lowest BCUT2D eigenvalue weighted by atomic mass is 10.3. The molecule has 0 aliphatic rings. The lowest BCUT2D eigenvalue weighted by Gasteiger charge is -2.08. The van der Waals surface area contributed by atoms with Crippen molar-refractivity contribution in [1.82, 2.24) is 0 Å². The van der Waals surface area contributed by atoms with E-state index >= 15 is 0 Å². The molecule has 1 aromatic rings. The number of hydrogen-bond donors (Lipinski definition) is 2. The summed E-state index contributed by atoms with van der Waals surface area (Å²) in [5, 5.41) is 8.64. The van der Waals surface area contributed by atoms with E-state index in [-0.39, 0.29) is 12.6 Å². The van der Waals surface area contributed by atoms with Gasteiger partial charge in [-0.05, 0) is 18.6 Å². The molecule has 0 aliphatic carbocycles. The van der Waals surface area contributed by atoms with Crippen molar-refractivity contribution in [2.75, 3.05) is 12.4 Å². The Morgan fingerprint density at radius 2 is 2.00 bits per heavy atom. The first-order chi connectivity index (χ1) is 6.74. The van der Waals surface area contributed by atoms with Gasteiger partial charge in [0, 0.05) is 23.3 Å². The van der Waals surface area contributed by atoms with E-state index < -0.39 is 10.8 Å². The second-order valence-electron chi connectivity index (χ2n) is 3.10. The Morgan fingerprint density at radius 1 is 1.36 bits per heavy atom. The molecule has 78 valence electrons. The quantitative estimate of drug-likeness (QED) is 0.749. The van der Waals surface area contributed by atoms with Gasteiger partial charge in [-0.3, -0.25) is 4.21 Å². The highest BCUT2D eigenvalue weighted by molar-refractivity contribution is 7.85. The Balaban J connectivity index is 2.51. The molecule has 4 heteroatoms. The molecule has 2 atom stereocenters. The van der Waals surface area contributed by atoms with Crippen LogP contribution < -0.4 is 5.73 Å². The van der Waals surface area contributed by atoms with Crippen molar-refractivity contribution in [2.24, 2.45) is 5.73 Å². The van der Waals surface area contributed by atoms with E-state index in [1.54, 1.807) is 0 Å². The molecule has 0 heterocycles. The van der Waals surface area contributed by atoms with Crippen molar-refractivity contribution < 1.29 is 9.32 Å². The maximum absolute atomic E-state index is 11.7. The highest BCUT2D eigenvalue weighted by Gasteiger charge is 2.08. The second kappa shape index (κ2) is 5.90. The second-order valence-corrected chi connectivity index (χ2v) is 4.59. The summed E-state index contributed by atoms with van der Waals surface area (Å²) in [5.74, 6) is 0.407. The molecule has 0 radical (unpaired) electrons. The third-order valence-corrected chi connectivity index (χ3v) is 3.40. The average molecular weight is 213 g/mol. The van der Waals surface area contributed by atoms with Gasteiger partial charge in [0.2, 0.25) is 0 Å². The van der Waals surface area contributed by atoms with Gasteiger partial charge in [0.15, 0.2) is 0 Å². The first-order valence-electron chi connectivity index (χ1n) is 4.54. The molecule has 0 amide bonds. The molecule has 2 unspecified atom stereocenters. The molecule has 0 spiro atoms. The largest absolute Gasteiger partial charge is 0.396 e. The predicted octanol–water partition coefficient (Wildman–Crippen LogP) is 0.504. The van der Waals surface area contributed by atoms with Gasteiger partial charge in [-0.1, -0.05) is 18.2 Å². The summed E-state index contributed by atoms with van der Waals surface area (Å²) in [4.78, 5) is 0.792. The average Bonchev–Trinajstić information content (AvgIpc) is 2.19. The van der Waals surface area contributed by atoms with Gasteiger partial charge in [0.1, 0.15) is 0 Å². The van der Waals surface area contributed by atoms with Crippen molar-refractivity contribution in [3.63, 3.8) is 0 Å². The van der Waals surface area contributed by atoms with Crippen LogP contribution in [0.25, 0.3) is 0 Å². The van der Waals surface area contributed by atoms with Gasteiger partial charge in [-0.2, -0.15) is 0 Å². The predicted molar refractivity (Wildman–Crippen MR) is 57.4 cm³/mol. The van der Waals surface area contributed by atoms with Crippen molar-refractivity contribution >= 4 is 10.8 Å². The van der Waals surface area contributed by atoms with Crippen molar-refractivity contribution in [2.45, 2.75) is 17.4 Å². The number of benzene rings is 1. The van der Waals surface area contributed by atoms with Crippen LogP contribution in [0.5, 0.6) is 0 Å². The lowest BCUT2D eigenvalue weighted by Crippen LogP contribution is -2.28. The SMILES string of the molecule is NC(CCO)CS(=O)c1ccccc1. The maximum atomic E-state index is 11.7. The Morgan fingerprint density at radius 3 is 2.57 bits per heavy atom. The van der Waals surface area contributed by atoms with E-state index in [4.69, 9.17) is 10.8 Å². The minimum atomic E-state index is -1.05. The van der Waals surface area contributed by atoms with E-state index in [0.717, 1.165) is 4.90 Å². The number of hydrogen-bond acceptors (Lipinski definition) is 3. The number of rotatable bonds is 5. The van der Waals surface area contributed by atoms with Gasteiger partial charge in [-0.15, -0.1) is 0 Å². The minimum absolute atomic E-state index is 0.0488. The number of aliphatic hydroxyl groups is 1. The Labute approximate surface area is 86.4 Å². The van der Waals surface area contributed by atoms with E-state index in [2.05, 4.69) is 0 Å². The molecule has 0 saturated carbocycles. The van der Waals surface area contributed by atoms with Gasteiger partial charge >= 0.3 is 0 Å². The van der Waals surface area contributed by atoms with Crippen LogP contribution in [0, 0.1) is 0 Å². The molecule has 1 aromatic carbocycles. The van der Waals surface area contributed by atoms with Crippen LogP contribution in [-0.2, 0) is 10.8 Å². The summed E-state index contributed by atoms with van der Waals surface area (Å²) >= 11 is 0. The van der Waals surface area contributed by atoms with Gasteiger partial charge in [0.25, 0.3) is 0 Å². The fraction of sp³-hybridized carbons (Fsp3) is 0.400. The molecule has 14 heavy (non-hydrogen) atoms. The fourth-order valence-corrected chi connectivity index (χ4v) is 2.32. The van der Waals surface area contributed by atoms with Crippen LogP contribution in [-0.4, -0.2) is 27.7 Å². The van der Waals surface area contributed by atoms with E-state index in [1.807, 2.05) is 30.3 Å². The van der Waals surface area contributed by atoms with E-state index in [1.165, 1.54) is 0 Å². The van der Waals surface area contributed by atoms with Crippen LogP contribution in [0.2, 0.25) is 0 Å². The molecule has 0 saturated heterocycles. The highest BCUT2D eigenvalue weighted by atomic mass is 32.2. The summed E-state index contributed by atoms with van der Waals surface area (Å²) in [5.41, 5.74) is 5.67. The third kappa shape index (κ3) is 3.57. The van der Waals surface area contributed by atoms with Crippen LogP contribution >= 0.6 is 0 Å². The Kier molecular flexibility index (Phi) is 4.79. The standard InChI is InChI=1S/C10H15NO2S/c11-9(6-7-12)8-14(13)10-4-2-1-3-5-10/h1-5,9,12H,6-8,11H2. The molecule has 3 N–H and O–H groups in total. The Bertz CT molecular complexity index is 289. The maximum Gasteiger partial charge on any atom is 0.0545 e. The number of nitrogens with two attached hydrogens (primary N) is 1. The highest BCUT2D eigenvalue weighted by Crippen LogP contribution is 2.06. The summed E-state index contributed by atoms with van der Waals surface area (Å²) < 4.78 is 11.7. The monoisotopic (exact) mass is 213 g/mol. The zero-order valence-corrected chi connectivity index (χ0v) is 8.74. The van der Waals surface area contributed by atoms with E-state index in [0.29, 0.717) is 12.2 Å². The van der Waals surface area contributed by atoms with Gasteiger partial charge in [0.05, 0.1) is 10.8 Å². The summed E-state index contributed by atoms with van der Waals surface area (Å²) in [6.45, 7) is 0.0488. The van der Waals surface area contributed by atoms with Gasteiger partial charge in [-0.25, -0.2) is 0 Å². The summed E-state index contributed by atoms with van der Waals surface area (Å²) in [7, 11) is -1.05.